The summed E-state index contributed by atoms with van der Waals surface area (Å²) in [6, 6.07) is 7.98. The Morgan fingerprint density at radius 1 is 1.18 bits per heavy atom. The number of carboxylic acid groups (broad SMARTS) is 1. The Labute approximate surface area is 101 Å². The van der Waals surface area contributed by atoms with Gasteiger partial charge in [-0.05, 0) is 43.5 Å². The number of benzene rings is 1. The van der Waals surface area contributed by atoms with E-state index in [9.17, 15) is 4.79 Å². The van der Waals surface area contributed by atoms with Gasteiger partial charge in [-0.2, -0.15) is 0 Å². The Hall–Kier alpha value is -1.71. The third-order valence-corrected chi connectivity index (χ3v) is 3.03. The highest BCUT2D eigenvalue weighted by Gasteiger charge is 2.10. The maximum atomic E-state index is 10.4. The molecule has 0 atom stereocenters. The van der Waals surface area contributed by atoms with E-state index in [0.29, 0.717) is 0 Å². The highest BCUT2D eigenvalue weighted by molar-refractivity contribution is 5.73. The van der Waals surface area contributed by atoms with Crippen LogP contribution in [0.4, 0.5) is 11.4 Å². The Morgan fingerprint density at radius 2 is 1.82 bits per heavy atom. The summed E-state index contributed by atoms with van der Waals surface area (Å²) < 4.78 is 0. The second-order valence-electron chi connectivity index (χ2n) is 4.34. The Morgan fingerprint density at radius 3 is 2.41 bits per heavy atom. The van der Waals surface area contributed by atoms with Crippen LogP contribution in [0.2, 0.25) is 0 Å². The van der Waals surface area contributed by atoms with Crippen molar-refractivity contribution < 1.29 is 9.90 Å². The molecule has 0 bridgehead atoms. The van der Waals surface area contributed by atoms with Crippen LogP contribution < -0.4 is 10.2 Å². The number of carbonyl (C=O) groups is 1. The molecule has 2 N–H and O–H groups in total. The van der Waals surface area contributed by atoms with E-state index in [0.717, 1.165) is 18.8 Å². The van der Waals surface area contributed by atoms with Crippen molar-refractivity contribution in [1.82, 2.24) is 0 Å². The lowest BCUT2D eigenvalue weighted by Gasteiger charge is -2.28. The Kier molecular flexibility index (Phi) is 3.85. The molecule has 1 saturated heterocycles. The van der Waals surface area contributed by atoms with E-state index >= 15 is 0 Å². The van der Waals surface area contributed by atoms with E-state index in [1.54, 1.807) is 0 Å². The maximum Gasteiger partial charge on any atom is 0.322 e. The Balaban J connectivity index is 1.94. The van der Waals surface area contributed by atoms with Gasteiger partial charge in [0.15, 0.2) is 0 Å². The summed E-state index contributed by atoms with van der Waals surface area (Å²) in [7, 11) is 0. The summed E-state index contributed by atoms with van der Waals surface area (Å²) in [6.45, 7) is 2.22. The van der Waals surface area contributed by atoms with Crippen LogP contribution in [0, 0.1) is 0 Å². The molecule has 0 radical (unpaired) electrons. The Bertz CT molecular complexity index is 370. The first kappa shape index (κ1) is 11.8. The zero-order chi connectivity index (χ0) is 12.1. The van der Waals surface area contributed by atoms with Gasteiger partial charge in [-0.1, -0.05) is 0 Å². The number of piperidine rings is 1. The minimum atomic E-state index is -0.842. The van der Waals surface area contributed by atoms with Crippen molar-refractivity contribution in [3.05, 3.63) is 24.3 Å². The lowest BCUT2D eigenvalue weighted by atomic mass is 10.1. The van der Waals surface area contributed by atoms with E-state index in [2.05, 4.69) is 22.3 Å². The van der Waals surface area contributed by atoms with Crippen LogP contribution in [-0.2, 0) is 4.79 Å². The van der Waals surface area contributed by atoms with Gasteiger partial charge in [0.1, 0.15) is 6.54 Å². The lowest BCUT2D eigenvalue weighted by Crippen LogP contribution is -2.29. The second-order valence-corrected chi connectivity index (χ2v) is 4.34. The van der Waals surface area contributed by atoms with Crippen LogP contribution in [-0.4, -0.2) is 30.7 Å². The number of nitrogens with zero attached hydrogens (tertiary/aromatic N) is 1. The van der Waals surface area contributed by atoms with Crippen molar-refractivity contribution >= 4 is 17.3 Å². The normalized spacial score (nSPS) is 15.6. The minimum absolute atomic E-state index is 0.0386. The number of nitrogens with one attached hydrogen (secondary N) is 1. The summed E-state index contributed by atoms with van der Waals surface area (Å²) in [5, 5.41) is 11.4. The van der Waals surface area contributed by atoms with E-state index in [4.69, 9.17) is 5.11 Å². The predicted molar refractivity (Wildman–Crippen MR) is 68.6 cm³/mol. The molecule has 1 aliphatic heterocycles. The zero-order valence-corrected chi connectivity index (χ0v) is 9.85. The monoisotopic (exact) mass is 234 g/mol. The summed E-state index contributed by atoms with van der Waals surface area (Å²) in [5.41, 5.74) is 2.08. The molecule has 4 nitrogen and oxygen atoms in total. The van der Waals surface area contributed by atoms with E-state index in [1.807, 2.05) is 12.1 Å². The van der Waals surface area contributed by atoms with Gasteiger partial charge in [0.2, 0.25) is 0 Å². The van der Waals surface area contributed by atoms with Gasteiger partial charge in [-0.15, -0.1) is 0 Å². The molecule has 17 heavy (non-hydrogen) atoms. The van der Waals surface area contributed by atoms with Crippen LogP contribution in [0.5, 0.6) is 0 Å². The topological polar surface area (TPSA) is 52.6 Å². The van der Waals surface area contributed by atoms with Crippen molar-refractivity contribution in [2.75, 3.05) is 29.9 Å². The minimum Gasteiger partial charge on any atom is -0.480 e. The molecule has 0 spiro atoms. The van der Waals surface area contributed by atoms with Gasteiger partial charge in [0.05, 0.1) is 0 Å². The van der Waals surface area contributed by atoms with Gasteiger partial charge in [-0.3, -0.25) is 4.79 Å². The molecule has 0 unspecified atom stereocenters. The third-order valence-electron chi connectivity index (χ3n) is 3.03. The van der Waals surface area contributed by atoms with Gasteiger partial charge in [0.25, 0.3) is 0 Å². The van der Waals surface area contributed by atoms with Crippen LogP contribution >= 0.6 is 0 Å². The average molecular weight is 234 g/mol. The average Bonchev–Trinajstić information content (AvgIpc) is 2.38. The summed E-state index contributed by atoms with van der Waals surface area (Å²) >= 11 is 0. The fraction of sp³-hybridized carbons (Fsp3) is 0.462. The number of hydrogen-bond acceptors (Lipinski definition) is 3. The lowest BCUT2D eigenvalue weighted by molar-refractivity contribution is -0.134. The van der Waals surface area contributed by atoms with Gasteiger partial charge in [0, 0.05) is 24.5 Å². The molecule has 0 aliphatic carbocycles. The van der Waals surface area contributed by atoms with Gasteiger partial charge < -0.3 is 15.3 Å². The standard InChI is InChI=1S/C13H18N2O2/c16-13(17)10-14-11-4-6-12(7-5-11)15-8-2-1-3-9-15/h4-7,14H,1-3,8-10H2,(H,16,17). The molecular weight excluding hydrogens is 216 g/mol. The number of carboxylic acids is 1. The third kappa shape index (κ3) is 3.37. The van der Waals surface area contributed by atoms with Gasteiger partial charge >= 0.3 is 5.97 Å². The fourth-order valence-corrected chi connectivity index (χ4v) is 2.12. The van der Waals surface area contributed by atoms with Crippen LogP contribution in [0.25, 0.3) is 0 Å². The van der Waals surface area contributed by atoms with Crippen LogP contribution in [0.3, 0.4) is 0 Å². The van der Waals surface area contributed by atoms with Crippen molar-refractivity contribution in [2.45, 2.75) is 19.3 Å². The SMILES string of the molecule is O=C(O)CNc1ccc(N2CCCCC2)cc1. The molecule has 1 heterocycles. The summed E-state index contributed by atoms with van der Waals surface area (Å²) in [6.07, 6.45) is 3.85. The first-order valence-electron chi connectivity index (χ1n) is 6.06. The molecular formula is C13H18N2O2. The number of hydrogen-bond donors (Lipinski definition) is 2. The second kappa shape index (κ2) is 5.57. The van der Waals surface area contributed by atoms with E-state index in [1.165, 1.54) is 24.9 Å². The highest BCUT2D eigenvalue weighted by Crippen LogP contribution is 2.21. The molecule has 0 saturated carbocycles. The smallest absolute Gasteiger partial charge is 0.322 e. The molecule has 92 valence electrons. The summed E-state index contributed by atoms with van der Waals surface area (Å²) in [5.74, 6) is -0.842. The fourth-order valence-electron chi connectivity index (χ4n) is 2.12. The van der Waals surface area contributed by atoms with Gasteiger partial charge in [-0.25, -0.2) is 0 Å². The summed E-state index contributed by atoms with van der Waals surface area (Å²) in [4.78, 5) is 12.8. The molecule has 4 heteroatoms. The van der Waals surface area contributed by atoms with Crippen molar-refractivity contribution in [3.63, 3.8) is 0 Å². The molecule has 0 amide bonds. The number of rotatable bonds is 4. The van der Waals surface area contributed by atoms with E-state index in [-0.39, 0.29) is 6.54 Å². The molecule has 0 aromatic heterocycles. The number of anilines is 2. The predicted octanol–water partition coefficient (Wildman–Crippen LogP) is 2.17. The molecule has 2 rings (SSSR count). The first-order chi connectivity index (χ1) is 8.25. The van der Waals surface area contributed by atoms with Crippen LogP contribution in [0.1, 0.15) is 19.3 Å². The first-order valence-corrected chi connectivity index (χ1v) is 6.06. The molecule has 1 aromatic carbocycles. The quantitative estimate of drug-likeness (QED) is 0.838. The van der Waals surface area contributed by atoms with Crippen molar-refractivity contribution in [3.8, 4) is 0 Å². The largest absolute Gasteiger partial charge is 0.480 e. The van der Waals surface area contributed by atoms with E-state index < -0.39 is 5.97 Å². The molecule has 1 fully saturated rings. The highest BCUT2D eigenvalue weighted by atomic mass is 16.4. The van der Waals surface area contributed by atoms with Crippen molar-refractivity contribution in [1.29, 1.82) is 0 Å². The number of aliphatic carboxylic acids is 1. The molecule has 1 aromatic rings. The maximum absolute atomic E-state index is 10.4. The zero-order valence-electron chi connectivity index (χ0n) is 9.85. The van der Waals surface area contributed by atoms with Crippen molar-refractivity contribution in [2.24, 2.45) is 0 Å². The van der Waals surface area contributed by atoms with Crippen LogP contribution in [0.15, 0.2) is 24.3 Å². The molecule has 1 aliphatic rings.